The highest BCUT2D eigenvalue weighted by Crippen LogP contribution is 2.41. The first kappa shape index (κ1) is 17.8. The number of aromatic nitrogens is 3. The molecule has 1 aromatic carbocycles. The molecule has 2 aliphatic rings. The maximum absolute atomic E-state index is 12.4. The van der Waals surface area contributed by atoms with Crippen molar-refractivity contribution in [3.8, 4) is 11.1 Å². The number of carbonyl (C=O) groups is 1. The van der Waals surface area contributed by atoms with Crippen LogP contribution in [0.3, 0.4) is 0 Å². The van der Waals surface area contributed by atoms with Gasteiger partial charge in [-0.2, -0.15) is 5.10 Å². The molecule has 7 heteroatoms. The second-order valence-electron chi connectivity index (χ2n) is 7.78. The van der Waals surface area contributed by atoms with E-state index >= 15 is 0 Å². The summed E-state index contributed by atoms with van der Waals surface area (Å²) in [4.78, 5) is 14.2. The number of fused-ring (bicyclic) bond motifs is 3. The van der Waals surface area contributed by atoms with E-state index in [-0.39, 0.29) is 12.1 Å². The summed E-state index contributed by atoms with van der Waals surface area (Å²) in [6.45, 7) is 3.65. The topological polar surface area (TPSA) is 52.3 Å². The third kappa shape index (κ3) is 2.66. The van der Waals surface area contributed by atoms with Crippen molar-refractivity contribution >= 4 is 28.4 Å². The average Bonchev–Trinajstić information content (AvgIpc) is 3.29. The van der Waals surface area contributed by atoms with Crippen molar-refractivity contribution in [1.29, 1.82) is 0 Å². The lowest BCUT2D eigenvalue weighted by Gasteiger charge is -2.26. The van der Waals surface area contributed by atoms with Gasteiger partial charge in [0.2, 0.25) is 5.91 Å². The average molecular weight is 399 g/mol. The molecule has 0 radical (unpaired) electrons. The van der Waals surface area contributed by atoms with Crippen molar-refractivity contribution in [3.63, 3.8) is 0 Å². The normalized spacial score (nSPS) is 20.0. The lowest BCUT2D eigenvalue weighted by atomic mass is 10.0. The quantitative estimate of drug-likeness (QED) is 0.652. The summed E-state index contributed by atoms with van der Waals surface area (Å²) in [5.41, 5.74) is 5.20. The van der Waals surface area contributed by atoms with E-state index in [1.54, 1.807) is 4.90 Å². The van der Waals surface area contributed by atoms with Crippen molar-refractivity contribution in [2.45, 2.75) is 45.5 Å². The van der Waals surface area contributed by atoms with Gasteiger partial charge in [-0.15, -0.1) is 0 Å². The Bertz CT molecular complexity index is 1080. The number of carbonyl (C=O) groups excluding carboxylic acids is 1. The van der Waals surface area contributed by atoms with Crippen LogP contribution in [0, 0.1) is 6.92 Å². The van der Waals surface area contributed by atoms with E-state index < -0.39 is 0 Å². The van der Waals surface area contributed by atoms with E-state index in [2.05, 4.69) is 21.9 Å². The van der Waals surface area contributed by atoms with E-state index in [4.69, 9.17) is 16.3 Å². The zero-order chi connectivity index (χ0) is 19.4. The second kappa shape index (κ2) is 6.64. The van der Waals surface area contributed by atoms with Gasteiger partial charge < -0.3 is 14.2 Å². The molecule has 2 aromatic heterocycles. The Morgan fingerprint density at radius 1 is 1.25 bits per heavy atom. The molecule has 1 atom stereocenters. The van der Waals surface area contributed by atoms with E-state index in [0.717, 1.165) is 59.2 Å². The lowest BCUT2D eigenvalue weighted by Crippen LogP contribution is -2.36. The molecular formula is C21H23ClN4O2. The van der Waals surface area contributed by atoms with Crippen molar-refractivity contribution in [1.82, 2.24) is 19.2 Å². The molecule has 1 saturated heterocycles. The van der Waals surface area contributed by atoms with Crippen LogP contribution in [0.25, 0.3) is 22.0 Å². The van der Waals surface area contributed by atoms with Crippen molar-refractivity contribution in [3.05, 3.63) is 40.8 Å². The first-order valence-corrected chi connectivity index (χ1v) is 10.1. The number of rotatable bonds is 2. The first-order chi connectivity index (χ1) is 13.5. The maximum atomic E-state index is 12.4. The summed E-state index contributed by atoms with van der Waals surface area (Å²) in [6, 6.07) is 4.15. The van der Waals surface area contributed by atoms with E-state index in [1.165, 1.54) is 0 Å². The maximum Gasteiger partial charge on any atom is 0.242 e. The minimum absolute atomic E-state index is 0.00212. The molecule has 6 nitrogen and oxygen atoms in total. The van der Waals surface area contributed by atoms with Crippen LogP contribution < -0.4 is 0 Å². The zero-order valence-electron chi connectivity index (χ0n) is 16.1. The van der Waals surface area contributed by atoms with E-state index in [9.17, 15) is 4.79 Å². The van der Waals surface area contributed by atoms with Crippen LogP contribution in [-0.4, -0.2) is 38.8 Å². The number of amides is 1. The molecule has 5 rings (SSSR count). The number of hydrogen-bond acceptors (Lipinski definition) is 3. The van der Waals surface area contributed by atoms with E-state index in [0.29, 0.717) is 18.1 Å². The number of benzene rings is 1. The molecule has 2 aliphatic heterocycles. The van der Waals surface area contributed by atoms with Crippen LogP contribution in [0.2, 0.25) is 5.02 Å². The van der Waals surface area contributed by atoms with Gasteiger partial charge in [-0.05, 0) is 31.7 Å². The molecule has 146 valence electrons. The Balaban J connectivity index is 1.70. The fourth-order valence-corrected chi connectivity index (χ4v) is 4.61. The molecule has 1 unspecified atom stereocenters. The zero-order valence-corrected chi connectivity index (χ0v) is 16.9. The highest BCUT2D eigenvalue weighted by Gasteiger charge is 2.29. The van der Waals surface area contributed by atoms with Gasteiger partial charge in [-0.3, -0.25) is 4.79 Å². The summed E-state index contributed by atoms with van der Waals surface area (Å²) >= 11 is 6.69. The van der Waals surface area contributed by atoms with Crippen LogP contribution in [-0.2, 0) is 22.6 Å². The number of aryl methyl sites for hydroxylation is 1. The van der Waals surface area contributed by atoms with E-state index in [1.807, 2.05) is 30.9 Å². The predicted octanol–water partition coefficient (Wildman–Crippen LogP) is 4.14. The fourth-order valence-electron chi connectivity index (χ4n) is 4.34. The van der Waals surface area contributed by atoms with Crippen LogP contribution in [0.5, 0.6) is 0 Å². The third-order valence-electron chi connectivity index (χ3n) is 5.91. The molecule has 0 bridgehead atoms. The number of ether oxygens (including phenoxy) is 1. The minimum Gasteiger partial charge on any atom is -0.357 e. The standard InChI is InChI=1S/C21H23ClN4O2/c1-13-6-7-15-19(14-9-23-26(10-14)18-5-3-4-8-28-18)16-11-24(2)17(27)12-25(16)21(15)20(13)22/h6-7,9-10,18H,3-5,8,11-12H2,1-2H3. The first-order valence-electron chi connectivity index (χ1n) is 9.75. The molecular weight excluding hydrogens is 376 g/mol. The predicted molar refractivity (Wildman–Crippen MR) is 108 cm³/mol. The second-order valence-corrected chi connectivity index (χ2v) is 8.16. The summed E-state index contributed by atoms with van der Waals surface area (Å²) < 4.78 is 9.89. The third-order valence-corrected chi connectivity index (χ3v) is 6.39. The molecule has 0 N–H and O–H groups in total. The summed E-state index contributed by atoms with van der Waals surface area (Å²) in [7, 11) is 1.85. The van der Waals surface area contributed by atoms with Gasteiger partial charge in [0, 0.05) is 42.1 Å². The van der Waals surface area contributed by atoms with Gasteiger partial charge in [0.1, 0.15) is 12.8 Å². The summed E-state index contributed by atoms with van der Waals surface area (Å²) in [6.07, 6.45) is 7.22. The smallest absolute Gasteiger partial charge is 0.242 e. The Hall–Kier alpha value is -2.31. The molecule has 3 aromatic rings. The molecule has 0 aliphatic carbocycles. The van der Waals surface area contributed by atoms with Crippen LogP contribution in [0.4, 0.5) is 0 Å². The Morgan fingerprint density at radius 3 is 2.89 bits per heavy atom. The largest absolute Gasteiger partial charge is 0.357 e. The van der Waals surface area contributed by atoms with Crippen LogP contribution in [0.15, 0.2) is 24.5 Å². The molecule has 1 amide bonds. The highest BCUT2D eigenvalue weighted by molar-refractivity contribution is 6.36. The SMILES string of the molecule is Cc1ccc2c(-c3cnn(C4CCCCO4)c3)c3n(c2c1Cl)CC(=O)N(C)C3. The van der Waals surface area contributed by atoms with Gasteiger partial charge in [0.05, 0.1) is 23.3 Å². The van der Waals surface area contributed by atoms with Gasteiger partial charge in [-0.25, -0.2) is 4.68 Å². The van der Waals surface area contributed by atoms with Crippen molar-refractivity contribution in [2.24, 2.45) is 0 Å². The van der Waals surface area contributed by atoms with Gasteiger partial charge in [-0.1, -0.05) is 23.7 Å². The summed E-state index contributed by atoms with van der Waals surface area (Å²) in [5, 5.41) is 6.38. The molecule has 4 heterocycles. The lowest BCUT2D eigenvalue weighted by molar-refractivity contribution is -0.132. The van der Waals surface area contributed by atoms with Gasteiger partial charge >= 0.3 is 0 Å². The minimum atomic E-state index is 0.00212. The van der Waals surface area contributed by atoms with Gasteiger partial charge in [0.25, 0.3) is 0 Å². The Kier molecular flexibility index (Phi) is 4.21. The number of halogens is 1. The Labute approximate surface area is 168 Å². The fraction of sp³-hybridized carbons (Fsp3) is 0.429. The Morgan fingerprint density at radius 2 is 2.11 bits per heavy atom. The number of likely N-dealkylation sites (N-methyl/N-ethyl adjacent to an activating group) is 1. The molecule has 28 heavy (non-hydrogen) atoms. The van der Waals surface area contributed by atoms with Crippen LogP contribution in [0.1, 0.15) is 36.7 Å². The van der Waals surface area contributed by atoms with Gasteiger partial charge in [0.15, 0.2) is 0 Å². The molecule has 1 fully saturated rings. The van der Waals surface area contributed by atoms with Crippen LogP contribution >= 0.6 is 11.6 Å². The highest BCUT2D eigenvalue weighted by atomic mass is 35.5. The molecule has 0 spiro atoms. The number of nitrogens with zero attached hydrogens (tertiary/aromatic N) is 4. The van der Waals surface area contributed by atoms with Crippen molar-refractivity contribution < 1.29 is 9.53 Å². The summed E-state index contributed by atoms with van der Waals surface area (Å²) in [5.74, 6) is 0.0971. The molecule has 0 saturated carbocycles. The van der Waals surface area contributed by atoms with Crippen molar-refractivity contribution in [2.75, 3.05) is 13.7 Å². The monoisotopic (exact) mass is 398 g/mol. The number of hydrogen-bond donors (Lipinski definition) is 0.